The number of amides is 3. The molecule has 3 aliphatic rings. The summed E-state index contributed by atoms with van der Waals surface area (Å²) in [7, 11) is 2.04. The zero-order chi connectivity index (χ0) is 19.1. The van der Waals surface area contributed by atoms with Crippen LogP contribution in [-0.4, -0.2) is 84.8 Å². The summed E-state index contributed by atoms with van der Waals surface area (Å²) >= 11 is 0. The summed E-state index contributed by atoms with van der Waals surface area (Å²) in [6.45, 7) is 5.55. The molecule has 1 unspecified atom stereocenters. The maximum absolute atomic E-state index is 13.2. The van der Waals surface area contributed by atoms with Crippen LogP contribution in [0.2, 0.25) is 0 Å². The molecule has 144 valence electrons. The van der Waals surface area contributed by atoms with Gasteiger partial charge in [0, 0.05) is 32.7 Å². The van der Waals surface area contributed by atoms with E-state index >= 15 is 0 Å². The van der Waals surface area contributed by atoms with E-state index in [1.807, 2.05) is 31.0 Å². The molecule has 1 aromatic carbocycles. The molecule has 3 amide bonds. The topological polar surface area (TPSA) is 64.2 Å². The summed E-state index contributed by atoms with van der Waals surface area (Å²) in [5, 5.41) is 0. The van der Waals surface area contributed by atoms with Gasteiger partial charge in [0.1, 0.15) is 12.6 Å². The molecule has 4 rings (SSSR count). The van der Waals surface area contributed by atoms with Gasteiger partial charge in [0.2, 0.25) is 11.8 Å². The monoisotopic (exact) mass is 370 g/mol. The predicted molar refractivity (Wildman–Crippen MR) is 102 cm³/mol. The van der Waals surface area contributed by atoms with E-state index in [4.69, 9.17) is 0 Å². The van der Waals surface area contributed by atoms with Crippen molar-refractivity contribution in [2.24, 2.45) is 0 Å². The van der Waals surface area contributed by atoms with Gasteiger partial charge in [-0.1, -0.05) is 11.6 Å². The molecule has 27 heavy (non-hydrogen) atoms. The number of anilines is 1. The number of carbonyl (C=O) groups excluding carboxylic acids is 3. The molecule has 7 heteroatoms. The molecule has 1 aromatic rings. The van der Waals surface area contributed by atoms with Crippen molar-refractivity contribution in [3.8, 4) is 0 Å². The lowest BCUT2D eigenvalue weighted by atomic mass is 10.1. The van der Waals surface area contributed by atoms with Crippen LogP contribution in [-0.2, 0) is 9.59 Å². The molecule has 0 N–H and O–H groups in total. The van der Waals surface area contributed by atoms with Crippen LogP contribution in [0.1, 0.15) is 28.8 Å². The van der Waals surface area contributed by atoms with Crippen molar-refractivity contribution < 1.29 is 14.4 Å². The molecule has 0 bridgehead atoms. The van der Waals surface area contributed by atoms with Gasteiger partial charge in [-0.3, -0.25) is 14.4 Å². The molecule has 3 aliphatic heterocycles. The van der Waals surface area contributed by atoms with Crippen molar-refractivity contribution in [3.05, 3.63) is 29.3 Å². The Hall–Kier alpha value is -2.41. The molecule has 0 spiro atoms. The second-order valence-electron chi connectivity index (χ2n) is 7.79. The first-order chi connectivity index (χ1) is 13.0. The normalized spacial score (nSPS) is 23.3. The highest BCUT2D eigenvalue weighted by Crippen LogP contribution is 2.33. The van der Waals surface area contributed by atoms with Gasteiger partial charge in [0.25, 0.3) is 5.91 Å². The van der Waals surface area contributed by atoms with Crippen molar-refractivity contribution in [2.75, 3.05) is 51.2 Å². The molecule has 2 fully saturated rings. The first-order valence-electron chi connectivity index (χ1n) is 9.65. The van der Waals surface area contributed by atoms with Gasteiger partial charge in [0.05, 0.1) is 11.3 Å². The average Bonchev–Trinajstić information content (AvgIpc) is 3.13. The van der Waals surface area contributed by atoms with Crippen molar-refractivity contribution in [2.45, 2.75) is 25.8 Å². The van der Waals surface area contributed by atoms with E-state index in [1.54, 1.807) is 15.9 Å². The Labute approximate surface area is 159 Å². The van der Waals surface area contributed by atoms with Crippen LogP contribution >= 0.6 is 0 Å². The van der Waals surface area contributed by atoms with E-state index in [0.29, 0.717) is 37.3 Å². The Bertz CT molecular complexity index is 785. The Morgan fingerprint density at radius 2 is 1.85 bits per heavy atom. The average molecular weight is 370 g/mol. The van der Waals surface area contributed by atoms with Crippen LogP contribution in [0.3, 0.4) is 0 Å². The standard InChI is InChI=1S/C20H26N4O3/c1-14-5-6-16-15(12-14)19(26)23-7-3-4-17(23)20(27)24(16)13-18(25)22-10-8-21(2)9-11-22/h5-6,12,17H,3-4,7-11,13H2,1-2H3. The zero-order valence-electron chi connectivity index (χ0n) is 16.0. The van der Waals surface area contributed by atoms with Crippen LogP contribution in [0.5, 0.6) is 0 Å². The minimum Gasteiger partial charge on any atom is -0.339 e. The molecule has 7 nitrogen and oxygen atoms in total. The fourth-order valence-corrected chi connectivity index (χ4v) is 4.23. The third kappa shape index (κ3) is 3.20. The fourth-order valence-electron chi connectivity index (χ4n) is 4.23. The van der Waals surface area contributed by atoms with E-state index in [1.165, 1.54) is 0 Å². The minimum absolute atomic E-state index is 0.00374. The second-order valence-corrected chi connectivity index (χ2v) is 7.79. The summed E-state index contributed by atoms with van der Waals surface area (Å²) in [4.78, 5) is 46.4. The molecule has 3 heterocycles. The Kier molecular flexibility index (Phi) is 4.63. The predicted octanol–water partition coefficient (Wildman–Crippen LogP) is 0.720. The van der Waals surface area contributed by atoms with Crippen LogP contribution in [0.25, 0.3) is 0 Å². The molecule has 0 radical (unpaired) electrons. The highest BCUT2D eigenvalue weighted by molar-refractivity contribution is 6.12. The molecular formula is C20H26N4O3. The van der Waals surface area contributed by atoms with Crippen LogP contribution < -0.4 is 4.90 Å². The Morgan fingerprint density at radius 3 is 2.59 bits per heavy atom. The summed E-state index contributed by atoms with van der Waals surface area (Å²) in [5.41, 5.74) is 2.06. The molecule has 0 aromatic heterocycles. The molecular weight excluding hydrogens is 344 g/mol. The maximum atomic E-state index is 13.2. The molecule has 0 saturated carbocycles. The summed E-state index contributed by atoms with van der Waals surface area (Å²) in [5.74, 6) is -0.285. The van der Waals surface area contributed by atoms with E-state index in [0.717, 1.165) is 25.1 Å². The van der Waals surface area contributed by atoms with Crippen LogP contribution in [0, 0.1) is 6.92 Å². The van der Waals surface area contributed by atoms with Gasteiger partial charge in [-0.25, -0.2) is 0 Å². The van der Waals surface area contributed by atoms with Crippen molar-refractivity contribution >= 4 is 23.4 Å². The lowest BCUT2D eigenvalue weighted by molar-refractivity contribution is -0.133. The number of likely N-dealkylation sites (N-methyl/N-ethyl adjacent to an activating group) is 1. The SMILES string of the molecule is Cc1ccc2c(c1)C(=O)N1CCCC1C(=O)N2CC(=O)N1CCN(C)CC1. The Balaban J connectivity index is 1.66. The van der Waals surface area contributed by atoms with E-state index in [9.17, 15) is 14.4 Å². The number of aryl methyl sites for hydroxylation is 1. The lowest BCUT2D eigenvalue weighted by Gasteiger charge is -2.34. The summed E-state index contributed by atoms with van der Waals surface area (Å²) in [6, 6.07) is 5.08. The van der Waals surface area contributed by atoms with Gasteiger partial charge < -0.3 is 19.6 Å². The van der Waals surface area contributed by atoms with Crippen molar-refractivity contribution in [1.29, 1.82) is 0 Å². The van der Waals surface area contributed by atoms with E-state index in [-0.39, 0.29) is 24.3 Å². The van der Waals surface area contributed by atoms with Gasteiger partial charge in [-0.05, 0) is 38.9 Å². The molecule has 2 saturated heterocycles. The van der Waals surface area contributed by atoms with E-state index < -0.39 is 6.04 Å². The van der Waals surface area contributed by atoms with Crippen molar-refractivity contribution in [3.63, 3.8) is 0 Å². The number of nitrogens with zero attached hydrogens (tertiary/aromatic N) is 4. The first kappa shape index (κ1) is 18.0. The third-order valence-corrected chi connectivity index (χ3v) is 5.89. The highest BCUT2D eigenvalue weighted by Gasteiger charge is 2.42. The quantitative estimate of drug-likeness (QED) is 0.770. The lowest BCUT2D eigenvalue weighted by Crippen LogP contribution is -2.52. The number of hydrogen-bond acceptors (Lipinski definition) is 4. The van der Waals surface area contributed by atoms with Gasteiger partial charge in [-0.15, -0.1) is 0 Å². The summed E-state index contributed by atoms with van der Waals surface area (Å²) in [6.07, 6.45) is 1.49. The number of piperazine rings is 1. The van der Waals surface area contributed by atoms with Crippen molar-refractivity contribution in [1.82, 2.24) is 14.7 Å². The van der Waals surface area contributed by atoms with Crippen LogP contribution in [0.4, 0.5) is 5.69 Å². The number of carbonyl (C=O) groups is 3. The maximum Gasteiger partial charge on any atom is 0.256 e. The number of hydrogen-bond donors (Lipinski definition) is 0. The molecule has 0 aliphatic carbocycles. The van der Waals surface area contributed by atoms with Gasteiger partial charge >= 0.3 is 0 Å². The number of benzene rings is 1. The van der Waals surface area contributed by atoms with Gasteiger partial charge in [-0.2, -0.15) is 0 Å². The Morgan fingerprint density at radius 1 is 1.11 bits per heavy atom. The van der Waals surface area contributed by atoms with E-state index in [2.05, 4.69) is 4.90 Å². The largest absolute Gasteiger partial charge is 0.339 e. The van der Waals surface area contributed by atoms with Crippen LogP contribution in [0.15, 0.2) is 18.2 Å². The third-order valence-electron chi connectivity index (χ3n) is 5.89. The smallest absolute Gasteiger partial charge is 0.256 e. The number of fused-ring (bicyclic) bond motifs is 2. The highest BCUT2D eigenvalue weighted by atomic mass is 16.2. The first-order valence-corrected chi connectivity index (χ1v) is 9.65. The van der Waals surface area contributed by atoms with Gasteiger partial charge in [0.15, 0.2) is 0 Å². The molecule has 1 atom stereocenters. The number of rotatable bonds is 2. The zero-order valence-corrected chi connectivity index (χ0v) is 16.0. The minimum atomic E-state index is -0.453. The fraction of sp³-hybridized carbons (Fsp3) is 0.550. The summed E-state index contributed by atoms with van der Waals surface area (Å²) < 4.78 is 0. The second kappa shape index (κ2) is 6.96.